The summed E-state index contributed by atoms with van der Waals surface area (Å²) < 4.78 is 14.2. The topological polar surface area (TPSA) is 90.2 Å². The third-order valence-corrected chi connectivity index (χ3v) is 1.61. The van der Waals surface area contributed by atoms with E-state index >= 15 is 0 Å². The monoisotopic (exact) mass is 241 g/mol. The van der Waals surface area contributed by atoms with E-state index in [-0.39, 0.29) is 0 Å². The quantitative estimate of drug-likeness (QED) is 0.406. The number of hydrogen-bond donors (Lipinski definition) is 4. The normalized spacial score (nSPS) is 11.3. The van der Waals surface area contributed by atoms with E-state index in [1.54, 1.807) is 0 Å². The van der Waals surface area contributed by atoms with Crippen LogP contribution in [-0.2, 0) is 20.5 Å². The molecule has 0 saturated heterocycles. The smallest absolute Gasteiger partial charge is 0.320 e. The fraction of sp³-hybridized carbons (Fsp3) is 0.857. The summed E-state index contributed by atoms with van der Waals surface area (Å²) in [6.45, 7) is 2.76. The summed E-state index contributed by atoms with van der Waals surface area (Å²) in [6.07, 6.45) is 1.54. The Bertz CT molecular complexity index is 184. The first-order chi connectivity index (χ1) is 6.63. The lowest BCUT2D eigenvalue weighted by Crippen LogP contribution is -2.37. The van der Waals surface area contributed by atoms with Crippen LogP contribution in [0.1, 0.15) is 19.8 Å². The Morgan fingerprint density at radius 3 is 2.50 bits per heavy atom. The molecular weight excluding hydrogens is 224 g/mol. The standard InChI is InChI=1S/C7H15NO2S.H2NOS/c1-2-4-8-6(3-5-11)7(9)10;1-3-2/h6,8,11H,2-5H2,1H3,(H,9,10);1,3H/q;-1/t6-;/m0./s1. The summed E-state index contributed by atoms with van der Waals surface area (Å²) >= 11 is 3.39. The van der Waals surface area contributed by atoms with Gasteiger partial charge in [0.15, 0.2) is 0 Å². The van der Waals surface area contributed by atoms with Gasteiger partial charge in [-0.05, 0) is 25.1 Å². The number of carbonyl (C=O) groups is 1. The van der Waals surface area contributed by atoms with Crippen LogP contribution < -0.4 is 5.32 Å². The van der Waals surface area contributed by atoms with E-state index < -0.39 is 23.5 Å². The van der Waals surface area contributed by atoms with Gasteiger partial charge in [-0.2, -0.15) is 12.6 Å². The first kappa shape index (κ1) is 16.2. The maximum atomic E-state index is 10.5. The molecule has 0 rings (SSSR count). The molecule has 0 unspecified atom stereocenters. The summed E-state index contributed by atoms with van der Waals surface area (Å²) in [6, 6.07) is -0.424. The highest BCUT2D eigenvalue weighted by Gasteiger charge is 2.13. The van der Waals surface area contributed by atoms with E-state index in [2.05, 4.69) is 17.9 Å². The van der Waals surface area contributed by atoms with Crippen molar-refractivity contribution in [2.24, 2.45) is 0 Å². The van der Waals surface area contributed by atoms with Crippen LogP contribution >= 0.6 is 12.6 Å². The van der Waals surface area contributed by atoms with Gasteiger partial charge in [0.05, 0.1) is 0 Å². The minimum atomic E-state index is -0.785. The fourth-order valence-corrected chi connectivity index (χ4v) is 1.02. The molecule has 0 fully saturated rings. The van der Waals surface area contributed by atoms with Crippen molar-refractivity contribution in [2.45, 2.75) is 25.8 Å². The van der Waals surface area contributed by atoms with Crippen LogP contribution in [0.2, 0.25) is 0 Å². The zero-order chi connectivity index (χ0) is 11.4. The van der Waals surface area contributed by atoms with Crippen LogP contribution in [-0.4, -0.2) is 29.4 Å². The number of carboxylic acid groups (broad SMARTS) is 1. The van der Waals surface area contributed by atoms with Gasteiger partial charge in [0.1, 0.15) is 6.04 Å². The Kier molecular flexibility index (Phi) is 14.7. The van der Waals surface area contributed by atoms with Crippen LogP contribution in [0, 0.1) is 4.78 Å². The molecule has 1 atom stereocenters. The van der Waals surface area contributed by atoms with Crippen molar-refractivity contribution in [2.75, 3.05) is 12.3 Å². The molecule has 5 nitrogen and oxygen atoms in total. The predicted molar refractivity (Wildman–Crippen MR) is 60.4 cm³/mol. The molecular formula is C7H17N2O3S2-. The molecule has 86 valence electrons. The summed E-state index contributed by atoms with van der Waals surface area (Å²) in [4.78, 5) is 10.5. The van der Waals surface area contributed by atoms with Crippen molar-refractivity contribution >= 4 is 30.1 Å². The second-order valence-electron chi connectivity index (χ2n) is 2.45. The van der Waals surface area contributed by atoms with Crippen LogP contribution in [0.25, 0.3) is 0 Å². The van der Waals surface area contributed by atoms with Crippen LogP contribution in [0.3, 0.4) is 0 Å². The summed E-state index contributed by atoms with van der Waals surface area (Å²) in [5.41, 5.74) is 0. The third kappa shape index (κ3) is 11.7. The first-order valence-electron chi connectivity index (χ1n) is 4.20. The molecule has 0 aliphatic heterocycles. The zero-order valence-electron chi connectivity index (χ0n) is 8.06. The fourth-order valence-electron chi connectivity index (χ4n) is 0.761. The second kappa shape index (κ2) is 12.7. The number of hydrogen-bond acceptors (Lipinski definition) is 6. The number of nitrogens with one attached hydrogen (secondary N) is 2. The lowest BCUT2D eigenvalue weighted by molar-refractivity contribution is -0.139. The Hall–Kier alpha value is -0.270. The van der Waals surface area contributed by atoms with Gasteiger partial charge in [-0.3, -0.25) is 4.79 Å². The van der Waals surface area contributed by atoms with Gasteiger partial charge in [-0.15, -0.1) is 0 Å². The highest BCUT2D eigenvalue weighted by Crippen LogP contribution is 1.94. The Labute approximate surface area is 92.7 Å². The average Bonchev–Trinajstić information content (AvgIpc) is 2.13. The lowest BCUT2D eigenvalue weighted by Gasteiger charge is -2.11. The lowest BCUT2D eigenvalue weighted by atomic mass is 10.2. The molecule has 0 aromatic carbocycles. The molecule has 7 heteroatoms. The Morgan fingerprint density at radius 2 is 2.21 bits per heavy atom. The number of thiol groups is 2. The highest BCUT2D eigenvalue weighted by atomic mass is 32.1. The predicted octanol–water partition coefficient (Wildman–Crippen LogP) is 0.668. The van der Waals surface area contributed by atoms with Gasteiger partial charge >= 0.3 is 5.97 Å². The number of rotatable bonds is 6. The highest BCUT2D eigenvalue weighted by molar-refractivity contribution is 7.80. The summed E-state index contributed by atoms with van der Waals surface area (Å²) in [5, 5.41) is 11.6. The number of carboxylic acids is 1. The van der Waals surface area contributed by atoms with E-state index in [0.717, 1.165) is 13.0 Å². The average molecular weight is 241 g/mol. The molecule has 0 saturated carbocycles. The van der Waals surface area contributed by atoms with Crippen molar-refractivity contribution < 1.29 is 14.1 Å². The van der Waals surface area contributed by atoms with Crippen LogP contribution in [0.4, 0.5) is 0 Å². The SMILES string of the molecule is CCCN[C@@H](CCS)C(=O)O.N=[SH-]=O. The summed E-state index contributed by atoms with van der Waals surface area (Å²) in [7, 11) is 0. The van der Waals surface area contributed by atoms with Crippen molar-refractivity contribution in [1.82, 2.24) is 5.32 Å². The van der Waals surface area contributed by atoms with Crippen LogP contribution in [0.15, 0.2) is 0 Å². The molecule has 0 spiro atoms. The van der Waals surface area contributed by atoms with Crippen molar-refractivity contribution in [1.29, 1.82) is 4.78 Å². The minimum Gasteiger partial charge on any atom is -0.480 e. The van der Waals surface area contributed by atoms with E-state index in [1.165, 1.54) is 0 Å². The third-order valence-electron chi connectivity index (χ3n) is 1.36. The van der Waals surface area contributed by atoms with Gasteiger partial charge in [-0.25, -0.2) is 11.5 Å². The summed E-state index contributed by atoms with van der Waals surface area (Å²) in [5.74, 6) is -0.180. The molecule has 14 heavy (non-hydrogen) atoms. The van der Waals surface area contributed by atoms with E-state index in [0.29, 0.717) is 12.2 Å². The van der Waals surface area contributed by atoms with E-state index in [4.69, 9.17) is 14.1 Å². The molecule has 0 bridgehead atoms. The van der Waals surface area contributed by atoms with Gasteiger partial charge in [-0.1, -0.05) is 6.92 Å². The maximum Gasteiger partial charge on any atom is 0.320 e. The molecule has 0 heterocycles. The Morgan fingerprint density at radius 1 is 1.71 bits per heavy atom. The minimum absolute atomic E-state index is 0.424. The van der Waals surface area contributed by atoms with Crippen LogP contribution in [0.5, 0.6) is 0 Å². The molecule has 0 aliphatic rings. The van der Waals surface area contributed by atoms with Gasteiger partial charge in [0.2, 0.25) is 0 Å². The van der Waals surface area contributed by atoms with Crippen molar-refractivity contribution in [3.05, 3.63) is 0 Å². The Balaban J connectivity index is 0. The second-order valence-corrected chi connectivity index (χ2v) is 3.08. The largest absolute Gasteiger partial charge is 0.480 e. The molecule has 0 amide bonds. The van der Waals surface area contributed by atoms with E-state index in [1.807, 2.05) is 6.92 Å². The molecule has 0 radical (unpaired) electrons. The molecule has 0 aromatic heterocycles. The first-order valence-corrected chi connectivity index (χ1v) is 5.64. The van der Waals surface area contributed by atoms with Crippen molar-refractivity contribution in [3.8, 4) is 0 Å². The maximum absolute atomic E-state index is 10.5. The van der Waals surface area contributed by atoms with Crippen molar-refractivity contribution in [3.63, 3.8) is 0 Å². The molecule has 3 N–H and O–H groups in total. The van der Waals surface area contributed by atoms with Gasteiger partial charge in [0, 0.05) is 0 Å². The van der Waals surface area contributed by atoms with E-state index in [9.17, 15) is 4.79 Å². The van der Waals surface area contributed by atoms with Gasteiger partial charge in [0.25, 0.3) is 0 Å². The van der Waals surface area contributed by atoms with Gasteiger partial charge < -0.3 is 19.4 Å². The molecule has 0 aliphatic carbocycles. The molecule has 0 aromatic rings. The number of aliphatic carboxylic acids is 1. The zero-order valence-corrected chi connectivity index (χ0v) is 9.85.